The van der Waals surface area contributed by atoms with Gasteiger partial charge >= 0.3 is 0 Å². The highest BCUT2D eigenvalue weighted by Gasteiger charge is 2.14. The molecule has 0 bridgehead atoms. The van der Waals surface area contributed by atoms with Crippen molar-refractivity contribution in [2.24, 2.45) is 5.73 Å². The highest BCUT2D eigenvalue weighted by atomic mass is 15.1. The van der Waals surface area contributed by atoms with Crippen molar-refractivity contribution in [3.05, 3.63) is 29.3 Å². The monoisotopic (exact) mass is 190 g/mol. The third-order valence-electron chi connectivity index (χ3n) is 2.90. The van der Waals surface area contributed by atoms with E-state index in [1.807, 2.05) is 0 Å². The third-order valence-corrected chi connectivity index (χ3v) is 2.90. The van der Waals surface area contributed by atoms with E-state index in [4.69, 9.17) is 5.73 Å². The maximum atomic E-state index is 5.76. The number of anilines is 1. The molecule has 0 aliphatic carbocycles. The van der Waals surface area contributed by atoms with E-state index >= 15 is 0 Å². The van der Waals surface area contributed by atoms with Crippen LogP contribution in [0.2, 0.25) is 0 Å². The molecule has 0 radical (unpaired) electrons. The molecule has 2 heteroatoms. The highest BCUT2D eigenvalue weighted by molar-refractivity contribution is 5.55. The lowest BCUT2D eigenvalue weighted by Crippen LogP contribution is -2.20. The Balaban J connectivity index is 2.31. The first kappa shape index (κ1) is 9.53. The standard InChI is InChI=1S/C12H18N2/c1-10-4-5-12(11(8-10)9-13)14-6-2-3-7-14/h4-5,8H,2-3,6-7,9,13H2,1H3. The van der Waals surface area contributed by atoms with Gasteiger partial charge in [0.25, 0.3) is 0 Å². The van der Waals surface area contributed by atoms with Gasteiger partial charge in [-0.05, 0) is 31.4 Å². The van der Waals surface area contributed by atoms with E-state index in [2.05, 4.69) is 30.0 Å². The minimum atomic E-state index is 0.646. The lowest BCUT2D eigenvalue weighted by Gasteiger charge is -2.21. The zero-order valence-electron chi connectivity index (χ0n) is 8.79. The molecule has 0 aromatic heterocycles. The topological polar surface area (TPSA) is 29.3 Å². The molecule has 1 aromatic carbocycles. The minimum Gasteiger partial charge on any atom is -0.371 e. The van der Waals surface area contributed by atoms with Crippen molar-refractivity contribution < 1.29 is 0 Å². The normalized spacial score (nSPS) is 16.3. The zero-order valence-corrected chi connectivity index (χ0v) is 8.79. The van der Waals surface area contributed by atoms with Crippen LogP contribution in [0.25, 0.3) is 0 Å². The minimum absolute atomic E-state index is 0.646. The van der Waals surface area contributed by atoms with Crippen LogP contribution >= 0.6 is 0 Å². The highest BCUT2D eigenvalue weighted by Crippen LogP contribution is 2.25. The summed E-state index contributed by atoms with van der Waals surface area (Å²) in [6.45, 7) is 5.15. The first-order valence-electron chi connectivity index (χ1n) is 5.36. The van der Waals surface area contributed by atoms with Gasteiger partial charge in [-0.1, -0.05) is 17.7 Å². The van der Waals surface area contributed by atoms with E-state index in [0.29, 0.717) is 6.54 Å². The van der Waals surface area contributed by atoms with Gasteiger partial charge in [-0.3, -0.25) is 0 Å². The van der Waals surface area contributed by atoms with Crippen molar-refractivity contribution in [3.8, 4) is 0 Å². The van der Waals surface area contributed by atoms with E-state index in [1.165, 1.54) is 42.7 Å². The second kappa shape index (κ2) is 4.01. The van der Waals surface area contributed by atoms with Gasteiger partial charge < -0.3 is 10.6 Å². The van der Waals surface area contributed by atoms with E-state index in [-0.39, 0.29) is 0 Å². The predicted molar refractivity (Wildman–Crippen MR) is 60.5 cm³/mol. The van der Waals surface area contributed by atoms with Crippen LogP contribution in [0, 0.1) is 6.92 Å². The number of nitrogens with zero attached hydrogens (tertiary/aromatic N) is 1. The molecule has 1 fully saturated rings. The van der Waals surface area contributed by atoms with Gasteiger partial charge in [-0.15, -0.1) is 0 Å². The molecule has 2 nitrogen and oxygen atoms in total. The summed E-state index contributed by atoms with van der Waals surface area (Å²) in [5.74, 6) is 0. The zero-order chi connectivity index (χ0) is 9.97. The molecule has 0 atom stereocenters. The Bertz CT molecular complexity index is 314. The fraction of sp³-hybridized carbons (Fsp3) is 0.500. The first-order valence-corrected chi connectivity index (χ1v) is 5.36. The number of aryl methyl sites for hydroxylation is 1. The van der Waals surface area contributed by atoms with Crippen LogP contribution < -0.4 is 10.6 Å². The van der Waals surface area contributed by atoms with Crippen LogP contribution in [0.4, 0.5) is 5.69 Å². The van der Waals surface area contributed by atoms with Gasteiger partial charge in [-0.25, -0.2) is 0 Å². The maximum absolute atomic E-state index is 5.76. The molecular formula is C12H18N2. The Morgan fingerprint density at radius 2 is 2.00 bits per heavy atom. The molecule has 76 valence electrons. The second-order valence-corrected chi connectivity index (χ2v) is 4.03. The fourth-order valence-corrected chi connectivity index (χ4v) is 2.14. The van der Waals surface area contributed by atoms with Gasteiger partial charge in [-0.2, -0.15) is 0 Å². The predicted octanol–water partition coefficient (Wildman–Crippen LogP) is 2.05. The van der Waals surface area contributed by atoms with Crippen molar-refractivity contribution in [2.45, 2.75) is 26.3 Å². The summed E-state index contributed by atoms with van der Waals surface area (Å²) in [5.41, 5.74) is 9.69. The number of rotatable bonds is 2. The molecular weight excluding hydrogens is 172 g/mol. The molecule has 1 aromatic rings. The lowest BCUT2D eigenvalue weighted by molar-refractivity contribution is 0.939. The Hall–Kier alpha value is -1.02. The molecule has 1 aliphatic heterocycles. The van der Waals surface area contributed by atoms with Crippen molar-refractivity contribution >= 4 is 5.69 Å². The van der Waals surface area contributed by atoms with Crippen LogP contribution in [0.5, 0.6) is 0 Å². The molecule has 0 unspecified atom stereocenters. The Labute approximate surface area is 85.7 Å². The van der Waals surface area contributed by atoms with Crippen LogP contribution in [-0.4, -0.2) is 13.1 Å². The van der Waals surface area contributed by atoms with Crippen molar-refractivity contribution in [1.82, 2.24) is 0 Å². The molecule has 14 heavy (non-hydrogen) atoms. The molecule has 1 aliphatic rings. The van der Waals surface area contributed by atoms with Gasteiger partial charge in [0, 0.05) is 25.3 Å². The van der Waals surface area contributed by atoms with E-state index < -0.39 is 0 Å². The second-order valence-electron chi connectivity index (χ2n) is 4.03. The molecule has 0 spiro atoms. The van der Waals surface area contributed by atoms with Crippen molar-refractivity contribution in [2.75, 3.05) is 18.0 Å². The third kappa shape index (κ3) is 1.75. The van der Waals surface area contributed by atoms with Crippen molar-refractivity contribution in [3.63, 3.8) is 0 Å². The van der Waals surface area contributed by atoms with Crippen LogP contribution in [0.1, 0.15) is 24.0 Å². The first-order chi connectivity index (χ1) is 6.81. The molecule has 1 saturated heterocycles. The smallest absolute Gasteiger partial charge is 0.0411 e. The van der Waals surface area contributed by atoms with E-state index in [0.717, 1.165) is 0 Å². The molecule has 0 saturated carbocycles. The quantitative estimate of drug-likeness (QED) is 0.773. The van der Waals surface area contributed by atoms with Crippen LogP contribution in [0.15, 0.2) is 18.2 Å². The fourth-order valence-electron chi connectivity index (χ4n) is 2.14. The molecule has 1 heterocycles. The van der Waals surface area contributed by atoms with Gasteiger partial charge in [0.05, 0.1) is 0 Å². The van der Waals surface area contributed by atoms with Gasteiger partial charge in [0.2, 0.25) is 0 Å². The summed E-state index contributed by atoms with van der Waals surface area (Å²) in [4.78, 5) is 2.45. The Morgan fingerprint density at radius 1 is 1.29 bits per heavy atom. The summed E-state index contributed by atoms with van der Waals surface area (Å²) in [7, 11) is 0. The molecule has 2 N–H and O–H groups in total. The molecule has 0 amide bonds. The number of hydrogen-bond donors (Lipinski definition) is 1. The lowest BCUT2D eigenvalue weighted by atomic mass is 10.1. The summed E-state index contributed by atoms with van der Waals surface area (Å²) < 4.78 is 0. The average molecular weight is 190 g/mol. The average Bonchev–Trinajstić information content (AvgIpc) is 2.70. The van der Waals surface area contributed by atoms with Crippen LogP contribution in [0.3, 0.4) is 0 Å². The Morgan fingerprint density at radius 3 is 2.64 bits per heavy atom. The number of benzene rings is 1. The summed E-state index contributed by atoms with van der Waals surface area (Å²) >= 11 is 0. The SMILES string of the molecule is Cc1ccc(N2CCCC2)c(CN)c1. The maximum Gasteiger partial charge on any atom is 0.0411 e. The van der Waals surface area contributed by atoms with E-state index in [9.17, 15) is 0 Å². The Kier molecular flexibility index (Phi) is 2.73. The van der Waals surface area contributed by atoms with Crippen LogP contribution in [-0.2, 0) is 6.54 Å². The summed E-state index contributed by atoms with van der Waals surface area (Å²) in [6.07, 6.45) is 2.63. The summed E-state index contributed by atoms with van der Waals surface area (Å²) in [6, 6.07) is 6.59. The van der Waals surface area contributed by atoms with Gasteiger partial charge in [0.15, 0.2) is 0 Å². The van der Waals surface area contributed by atoms with E-state index in [1.54, 1.807) is 0 Å². The largest absolute Gasteiger partial charge is 0.371 e. The van der Waals surface area contributed by atoms with Gasteiger partial charge in [0.1, 0.15) is 0 Å². The molecule has 2 rings (SSSR count). The number of nitrogens with two attached hydrogens (primary N) is 1. The number of hydrogen-bond acceptors (Lipinski definition) is 2. The van der Waals surface area contributed by atoms with Crippen molar-refractivity contribution in [1.29, 1.82) is 0 Å². The summed E-state index contributed by atoms with van der Waals surface area (Å²) in [5, 5.41) is 0.